The molecule has 0 amide bonds. The van der Waals surface area contributed by atoms with Gasteiger partial charge < -0.3 is 5.11 Å². The Morgan fingerprint density at radius 1 is 1.19 bits per heavy atom. The second kappa shape index (κ2) is 22.0. The van der Waals surface area contributed by atoms with Crippen LogP contribution in [-0.2, 0) is 0 Å². The predicted octanol–water partition coefficient (Wildman–Crippen LogP) is 5.72. The highest BCUT2D eigenvalue weighted by atomic mass is 35.5. The monoisotopic (exact) mass is 321 g/mol. The third-order valence-corrected chi connectivity index (χ3v) is 3.08. The molecule has 1 rings (SSSR count). The number of hydrogen-bond donors (Lipinski definition) is 2. The molecule has 2 N–H and O–H groups in total. The van der Waals surface area contributed by atoms with Crippen molar-refractivity contribution in [1.29, 1.82) is 0 Å². The minimum Gasteiger partial charge on any atom is -0.373 e. The molecule has 1 fully saturated rings. The Morgan fingerprint density at radius 3 is 1.86 bits per heavy atom. The highest BCUT2D eigenvalue weighted by Crippen LogP contribution is 2.22. The summed E-state index contributed by atoms with van der Waals surface area (Å²) in [5.74, 6) is 1.04. The lowest BCUT2D eigenvalue weighted by Crippen LogP contribution is -2.36. The maximum atomic E-state index is 9.26. The van der Waals surface area contributed by atoms with Crippen LogP contribution in [0.15, 0.2) is 25.3 Å². The smallest absolute Gasteiger partial charge is 0.132 e. The minimum absolute atomic E-state index is 0. The number of likely N-dealkylation sites (N-methyl/N-ethyl adjacent to an activating group) is 1. The molecule has 0 aliphatic heterocycles. The molecular weight excluding hydrogens is 282 g/mol. The van der Waals surface area contributed by atoms with Crippen molar-refractivity contribution in [2.24, 2.45) is 5.92 Å². The Balaban J connectivity index is -0.000000108. The summed E-state index contributed by atoms with van der Waals surface area (Å²) in [5.41, 5.74) is -0.837. The van der Waals surface area contributed by atoms with Crippen LogP contribution in [-0.4, -0.2) is 17.9 Å². The molecule has 0 bridgehead atoms. The van der Waals surface area contributed by atoms with Crippen molar-refractivity contribution in [2.75, 3.05) is 7.05 Å². The van der Waals surface area contributed by atoms with Gasteiger partial charge in [-0.25, -0.2) is 0 Å². The normalized spacial score (nSPS) is 16.7. The van der Waals surface area contributed by atoms with Crippen LogP contribution < -0.4 is 5.32 Å². The maximum Gasteiger partial charge on any atom is 0.132 e. The van der Waals surface area contributed by atoms with Crippen LogP contribution in [0.4, 0.5) is 0 Å². The molecule has 1 aliphatic rings. The zero-order chi connectivity index (χ0) is 16.4. The predicted molar refractivity (Wildman–Crippen MR) is 101 cm³/mol. The van der Waals surface area contributed by atoms with E-state index in [-0.39, 0.29) is 12.4 Å². The zero-order valence-corrected chi connectivity index (χ0v) is 16.1. The van der Waals surface area contributed by atoms with Gasteiger partial charge in [0.25, 0.3) is 0 Å². The summed E-state index contributed by atoms with van der Waals surface area (Å²) in [5, 5.41) is 12.0. The fourth-order valence-electron chi connectivity index (χ4n) is 1.74. The number of aliphatic hydroxyl groups is 1. The standard InChI is InChI=1S/C7H15NO.C7H14.C2H6.C2H4.ClH/c1-4-5-6-7(2,9)8-3;1-7-5-3-2-4-6-7;2*1-2;/h5-6,8-9H,4H2,1-3H3;7H,2-6H2,1H3;1-2H3;1-2H2;1H/b6-5+;;;;. The van der Waals surface area contributed by atoms with Gasteiger partial charge in [0.1, 0.15) is 5.72 Å². The van der Waals surface area contributed by atoms with Crippen LogP contribution in [0.3, 0.4) is 0 Å². The number of hydrogen-bond acceptors (Lipinski definition) is 2. The van der Waals surface area contributed by atoms with E-state index in [0.29, 0.717) is 0 Å². The molecule has 1 aliphatic carbocycles. The van der Waals surface area contributed by atoms with E-state index in [1.807, 2.05) is 26.8 Å². The van der Waals surface area contributed by atoms with Gasteiger partial charge in [0, 0.05) is 0 Å². The number of nitrogens with one attached hydrogen (secondary N) is 1. The van der Waals surface area contributed by atoms with Crippen LogP contribution in [0.25, 0.3) is 0 Å². The van der Waals surface area contributed by atoms with E-state index in [1.54, 1.807) is 20.0 Å². The van der Waals surface area contributed by atoms with Gasteiger partial charge in [0.15, 0.2) is 0 Å². The molecule has 2 nitrogen and oxygen atoms in total. The van der Waals surface area contributed by atoms with Crippen LogP contribution in [0.5, 0.6) is 0 Å². The fourth-order valence-corrected chi connectivity index (χ4v) is 1.74. The van der Waals surface area contributed by atoms with E-state index < -0.39 is 5.72 Å². The molecule has 1 saturated carbocycles. The summed E-state index contributed by atoms with van der Waals surface area (Å²) in [7, 11) is 1.72. The highest BCUT2D eigenvalue weighted by molar-refractivity contribution is 5.85. The first kappa shape index (κ1) is 28.8. The third-order valence-electron chi connectivity index (χ3n) is 3.08. The molecule has 1 atom stereocenters. The molecule has 0 aromatic heterocycles. The van der Waals surface area contributed by atoms with E-state index in [0.717, 1.165) is 12.3 Å². The van der Waals surface area contributed by atoms with Crippen molar-refractivity contribution in [3.63, 3.8) is 0 Å². The van der Waals surface area contributed by atoms with Crippen LogP contribution in [0.2, 0.25) is 0 Å². The van der Waals surface area contributed by atoms with Gasteiger partial charge >= 0.3 is 0 Å². The van der Waals surface area contributed by atoms with E-state index in [4.69, 9.17) is 0 Å². The molecule has 0 radical (unpaired) electrons. The van der Waals surface area contributed by atoms with Gasteiger partial charge in [-0.2, -0.15) is 0 Å². The molecule has 3 heteroatoms. The van der Waals surface area contributed by atoms with Crippen molar-refractivity contribution in [3.8, 4) is 0 Å². The van der Waals surface area contributed by atoms with E-state index >= 15 is 0 Å². The van der Waals surface area contributed by atoms with Gasteiger partial charge in [0.05, 0.1) is 0 Å². The first-order valence-electron chi connectivity index (χ1n) is 8.10. The molecule has 0 aromatic carbocycles. The Bertz CT molecular complexity index is 199. The lowest BCUT2D eigenvalue weighted by Gasteiger charge is -2.16. The fraction of sp³-hybridized carbons (Fsp3) is 0.778. The zero-order valence-electron chi connectivity index (χ0n) is 15.2. The van der Waals surface area contributed by atoms with Gasteiger partial charge in [-0.3, -0.25) is 5.32 Å². The van der Waals surface area contributed by atoms with E-state index in [1.165, 1.54) is 32.1 Å². The highest BCUT2D eigenvalue weighted by Gasteiger charge is 2.09. The van der Waals surface area contributed by atoms with Crippen molar-refractivity contribution in [1.82, 2.24) is 5.32 Å². The van der Waals surface area contributed by atoms with Crippen LogP contribution in [0, 0.1) is 5.92 Å². The number of allylic oxidation sites excluding steroid dienone is 1. The SMILES string of the molecule is C=C.CC.CC/C=C/C(C)(O)NC.CC1CCCCC1.Cl. The Kier molecular flexibility index (Phi) is 30.1. The molecule has 21 heavy (non-hydrogen) atoms. The number of halogens is 1. The number of rotatable bonds is 3. The summed E-state index contributed by atoms with van der Waals surface area (Å²) < 4.78 is 0. The largest absolute Gasteiger partial charge is 0.373 e. The van der Waals surface area contributed by atoms with Gasteiger partial charge in [-0.15, -0.1) is 25.6 Å². The summed E-state index contributed by atoms with van der Waals surface area (Å²) in [6, 6.07) is 0. The lowest BCUT2D eigenvalue weighted by molar-refractivity contribution is 0.0828. The van der Waals surface area contributed by atoms with Crippen molar-refractivity contribution < 1.29 is 5.11 Å². The summed E-state index contributed by atoms with van der Waals surface area (Å²) in [6.45, 7) is 16.1. The maximum absolute atomic E-state index is 9.26. The molecule has 0 aromatic rings. The van der Waals surface area contributed by atoms with Crippen molar-refractivity contribution >= 4 is 12.4 Å². The Labute approximate surface area is 140 Å². The summed E-state index contributed by atoms with van der Waals surface area (Å²) >= 11 is 0. The second-order valence-corrected chi connectivity index (χ2v) is 4.95. The lowest BCUT2D eigenvalue weighted by atomic mass is 9.91. The van der Waals surface area contributed by atoms with Gasteiger partial charge in [-0.1, -0.05) is 65.9 Å². The van der Waals surface area contributed by atoms with Crippen LogP contribution >= 0.6 is 12.4 Å². The van der Waals surface area contributed by atoms with Gasteiger partial charge in [0.2, 0.25) is 0 Å². The summed E-state index contributed by atoms with van der Waals surface area (Å²) in [4.78, 5) is 0. The second-order valence-electron chi connectivity index (χ2n) is 4.95. The quantitative estimate of drug-likeness (QED) is 0.515. The molecule has 130 valence electrons. The topological polar surface area (TPSA) is 32.3 Å². The van der Waals surface area contributed by atoms with Crippen LogP contribution in [0.1, 0.15) is 73.1 Å². The average molecular weight is 322 g/mol. The molecular formula is C18H40ClNO. The first-order chi connectivity index (χ1) is 9.52. The first-order valence-corrected chi connectivity index (χ1v) is 8.10. The Hall–Kier alpha value is -0.310. The summed E-state index contributed by atoms with van der Waals surface area (Å²) in [6.07, 6.45) is 12.1. The molecule has 0 spiro atoms. The molecule has 0 saturated heterocycles. The van der Waals surface area contributed by atoms with E-state index in [9.17, 15) is 5.11 Å². The van der Waals surface area contributed by atoms with Crippen molar-refractivity contribution in [2.45, 2.75) is 78.9 Å². The third kappa shape index (κ3) is 25.0. The van der Waals surface area contributed by atoms with Gasteiger partial charge in [-0.05, 0) is 32.4 Å². The molecule has 1 unspecified atom stereocenters. The van der Waals surface area contributed by atoms with E-state index in [2.05, 4.69) is 25.4 Å². The van der Waals surface area contributed by atoms with Crippen molar-refractivity contribution in [3.05, 3.63) is 25.3 Å². The minimum atomic E-state index is -0.837. The average Bonchev–Trinajstić information content (AvgIpc) is 2.51. The Morgan fingerprint density at radius 2 is 1.62 bits per heavy atom. The molecule has 0 heterocycles.